The average molecular weight is 375 g/mol. The molecule has 28 heavy (non-hydrogen) atoms. The van der Waals surface area contributed by atoms with E-state index in [1.165, 1.54) is 12.1 Å². The van der Waals surface area contributed by atoms with Gasteiger partial charge in [0.25, 0.3) is 0 Å². The first kappa shape index (κ1) is 17.7. The molecule has 0 bridgehead atoms. The fraction of sp³-hybridized carbons (Fsp3) is 0.0952. The average Bonchev–Trinajstić information content (AvgIpc) is 3.23. The largest absolute Gasteiger partial charge is 0.439 e. The van der Waals surface area contributed by atoms with Gasteiger partial charge in [0, 0.05) is 31.2 Å². The van der Waals surface area contributed by atoms with Gasteiger partial charge in [0.05, 0.1) is 6.54 Å². The summed E-state index contributed by atoms with van der Waals surface area (Å²) in [6, 6.07) is 17.5. The topological polar surface area (TPSA) is 64.9 Å². The molecule has 0 amide bonds. The van der Waals surface area contributed by atoms with E-state index in [4.69, 9.17) is 4.74 Å². The van der Waals surface area contributed by atoms with Gasteiger partial charge in [-0.3, -0.25) is 4.68 Å². The van der Waals surface area contributed by atoms with Crippen molar-refractivity contribution in [3.05, 3.63) is 96.2 Å². The molecule has 0 aliphatic carbocycles. The highest BCUT2D eigenvalue weighted by molar-refractivity contribution is 5.35. The smallest absolute Gasteiger partial charge is 0.226 e. The summed E-state index contributed by atoms with van der Waals surface area (Å²) >= 11 is 0. The van der Waals surface area contributed by atoms with E-state index in [1.54, 1.807) is 30.6 Å². The van der Waals surface area contributed by atoms with Gasteiger partial charge < -0.3 is 10.1 Å². The molecule has 0 saturated carbocycles. The maximum atomic E-state index is 13.0. The Morgan fingerprint density at radius 2 is 1.75 bits per heavy atom. The van der Waals surface area contributed by atoms with Gasteiger partial charge in [-0.1, -0.05) is 24.3 Å². The van der Waals surface area contributed by atoms with Crippen LogP contribution in [0.15, 0.2) is 79.3 Å². The van der Waals surface area contributed by atoms with Crippen LogP contribution in [-0.4, -0.2) is 19.7 Å². The summed E-state index contributed by atoms with van der Waals surface area (Å²) < 4.78 is 20.5. The molecule has 0 unspecified atom stereocenters. The van der Waals surface area contributed by atoms with Gasteiger partial charge in [-0.25, -0.2) is 9.37 Å². The molecule has 4 aromatic rings. The van der Waals surface area contributed by atoms with Crippen LogP contribution < -0.4 is 10.1 Å². The Bertz CT molecular complexity index is 1030. The highest BCUT2D eigenvalue weighted by Crippen LogP contribution is 2.20. The van der Waals surface area contributed by atoms with Crippen LogP contribution >= 0.6 is 0 Å². The fourth-order valence-electron chi connectivity index (χ4n) is 2.73. The van der Waals surface area contributed by atoms with Crippen molar-refractivity contribution in [2.45, 2.75) is 13.1 Å². The van der Waals surface area contributed by atoms with E-state index in [0.29, 0.717) is 30.7 Å². The van der Waals surface area contributed by atoms with Gasteiger partial charge in [0.2, 0.25) is 11.8 Å². The third-order valence-electron chi connectivity index (χ3n) is 4.11. The Morgan fingerprint density at radius 1 is 0.929 bits per heavy atom. The Kier molecular flexibility index (Phi) is 5.24. The van der Waals surface area contributed by atoms with Crippen molar-refractivity contribution in [3.63, 3.8) is 0 Å². The predicted molar refractivity (Wildman–Crippen MR) is 104 cm³/mol. The summed E-state index contributed by atoms with van der Waals surface area (Å²) in [5, 5.41) is 7.48. The van der Waals surface area contributed by atoms with Gasteiger partial charge in [0.15, 0.2) is 0 Å². The molecule has 0 aliphatic rings. The Morgan fingerprint density at radius 3 is 2.54 bits per heavy atom. The number of nitrogens with one attached hydrogen (secondary N) is 1. The van der Waals surface area contributed by atoms with E-state index in [-0.39, 0.29) is 5.82 Å². The molecule has 2 aromatic carbocycles. The zero-order valence-corrected chi connectivity index (χ0v) is 15.0. The molecule has 140 valence electrons. The third-order valence-corrected chi connectivity index (χ3v) is 4.11. The van der Waals surface area contributed by atoms with E-state index < -0.39 is 0 Å². The summed E-state index contributed by atoms with van der Waals surface area (Å²) in [5.74, 6) is 1.03. The number of aromatic nitrogens is 4. The number of hydrogen-bond donors (Lipinski definition) is 1. The summed E-state index contributed by atoms with van der Waals surface area (Å²) in [4.78, 5) is 8.59. The lowest BCUT2D eigenvalue weighted by molar-refractivity contribution is 0.460. The van der Waals surface area contributed by atoms with Crippen LogP contribution in [0.25, 0.3) is 0 Å². The molecule has 0 fully saturated rings. The summed E-state index contributed by atoms with van der Waals surface area (Å²) in [6.45, 7) is 1.26. The lowest BCUT2D eigenvalue weighted by Crippen LogP contribution is -2.08. The zero-order chi connectivity index (χ0) is 19.2. The molecule has 2 heterocycles. The van der Waals surface area contributed by atoms with Crippen LogP contribution in [0.3, 0.4) is 0 Å². The second-order valence-corrected chi connectivity index (χ2v) is 6.10. The molecule has 4 rings (SSSR count). The van der Waals surface area contributed by atoms with E-state index in [2.05, 4.69) is 32.5 Å². The fourth-order valence-corrected chi connectivity index (χ4v) is 2.73. The normalized spacial score (nSPS) is 10.6. The molecule has 0 aliphatic heterocycles. The number of hydrogen-bond acceptors (Lipinski definition) is 5. The molecule has 7 heteroatoms. The molecule has 2 aromatic heterocycles. The minimum atomic E-state index is -0.314. The Hall–Kier alpha value is -3.74. The highest BCUT2D eigenvalue weighted by Gasteiger charge is 2.06. The van der Waals surface area contributed by atoms with Crippen molar-refractivity contribution < 1.29 is 9.13 Å². The third kappa shape index (κ3) is 4.50. The van der Waals surface area contributed by atoms with Gasteiger partial charge in [0.1, 0.15) is 11.6 Å². The van der Waals surface area contributed by atoms with Crippen LogP contribution in [0.4, 0.5) is 10.3 Å². The number of anilines is 1. The first-order valence-corrected chi connectivity index (χ1v) is 8.81. The number of halogens is 1. The van der Waals surface area contributed by atoms with Crippen molar-refractivity contribution in [3.8, 4) is 11.6 Å². The number of benzene rings is 2. The number of rotatable bonds is 7. The molecule has 0 spiro atoms. The predicted octanol–water partition coefficient (Wildman–Crippen LogP) is 4.26. The van der Waals surface area contributed by atoms with Crippen LogP contribution in [0.5, 0.6) is 11.6 Å². The number of nitrogens with zero attached hydrogens (tertiary/aromatic N) is 4. The maximum absolute atomic E-state index is 13.0. The molecular formula is C21H18FN5O. The molecule has 1 N–H and O–H groups in total. The van der Waals surface area contributed by atoms with Gasteiger partial charge >= 0.3 is 0 Å². The molecule has 0 radical (unpaired) electrons. The van der Waals surface area contributed by atoms with Crippen molar-refractivity contribution in [1.82, 2.24) is 19.7 Å². The zero-order valence-electron chi connectivity index (χ0n) is 15.0. The van der Waals surface area contributed by atoms with E-state index in [1.807, 2.05) is 29.1 Å². The first-order valence-electron chi connectivity index (χ1n) is 8.81. The second-order valence-electron chi connectivity index (χ2n) is 6.10. The van der Waals surface area contributed by atoms with Gasteiger partial charge in [-0.2, -0.15) is 10.1 Å². The van der Waals surface area contributed by atoms with E-state index in [9.17, 15) is 4.39 Å². The summed E-state index contributed by atoms with van der Waals surface area (Å²) in [6.07, 6.45) is 5.31. The molecule has 0 saturated heterocycles. The Labute approximate surface area is 161 Å². The maximum Gasteiger partial charge on any atom is 0.226 e. The van der Waals surface area contributed by atoms with Gasteiger partial charge in [-0.05, 0) is 41.5 Å². The minimum Gasteiger partial charge on any atom is -0.439 e. The quantitative estimate of drug-likeness (QED) is 0.523. The van der Waals surface area contributed by atoms with Crippen LogP contribution in [0.2, 0.25) is 0 Å². The van der Waals surface area contributed by atoms with E-state index in [0.717, 1.165) is 11.1 Å². The first-order chi connectivity index (χ1) is 13.8. The van der Waals surface area contributed by atoms with Crippen molar-refractivity contribution >= 4 is 5.95 Å². The van der Waals surface area contributed by atoms with Crippen LogP contribution in [0, 0.1) is 5.82 Å². The standard InChI is InChI=1S/C21H18FN5O/c22-18-6-8-19(9-7-18)28-20-10-12-23-21(26-20)24-14-16-4-1-2-5-17(16)15-27-13-3-11-25-27/h1-13H,14-15H2,(H,23,24,26). The van der Waals surface area contributed by atoms with E-state index >= 15 is 0 Å². The van der Waals surface area contributed by atoms with Crippen molar-refractivity contribution in [2.75, 3.05) is 5.32 Å². The van der Waals surface area contributed by atoms with Crippen LogP contribution in [0.1, 0.15) is 11.1 Å². The van der Waals surface area contributed by atoms with Crippen molar-refractivity contribution in [1.29, 1.82) is 0 Å². The lowest BCUT2D eigenvalue weighted by Gasteiger charge is -2.11. The SMILES string of the molecule is Fc1ccc(Oc2ccnc(NCc3ccccc3Cn3cccn3)n2)cc1. The highest BCUT2D eigenvalue weighted by atomic mass is 19.1. The van der Waals surface area contributed by atoms with Crippen LogP contribution in [-0.2, 0) is 13.1 Å². The summed E-state index contributed by atoms with van der Waals surface area (Å²) in [7, 11) is 0. The summed E-state index contributed by atoms with van der Waals surface area (Å²) in [5.41, 5.74) is 2.30. The van der Waals surface area contributed by atoms with Crippen molar-refractivity contribution in [2.24, 2.45) is 0 Å². The second kappa shape index (κ2) is 8.30. The molecular weight excluding hydrogens is 357 g/mol. The lowest BCUT2D eigenvalue weighted by atomic mass is 10.1. The molecule has 0 atom stereocenters. The minimum absolute atomic E-state index is 0.314. The van der Waals surface area contributed by atoms with Gasteiger partial charge in [-0.15, -0.1) is 0 Å². The monoisotopic (exact) mass is 375 g/mol. The number of ether oxygens (including phenoxy) is 1. The Balaban J connectivity index is 1.43. The molecule has 6 nitrogen and oxygen atoms in total.